The second-order valence-electron chi connectivity index (χ2n) is 5.79. The largest absolute Gasteiger partial charge is 0.508 e. The van der Waals surface area contributed by atoms with Gasteiger partial charge in [-0.15, -0.1) is 0 Å². The van der Waals surface area contributed by atoms with Crippen LogP contribution in [-0.2, 0) is 9.53 Å². The summed E-state index contributed by atoms with van der Waals surface area (Å²) in [6.45, 7) is 4.71. The molecule has 0 bridgehead atoms. The quantitative estimate of drug-likeness (QED) is 0.850. The zero-order valence-corrected chi connectivity index (χ0v) is 11.6. The van der Waals surface area contributed by atoms with E-state index in [0.29, 0.717) is 12.5 Å². The molecule has 0 spiro atoms. The summed E-state index contributed by atoms with van der Waals surface area (Å²) in [5, 5.41) is 12.7. The normalized spacial score (nSPS) is 30.8. The van der Waals surface area contributed by atoms with Crippen LogP contribution in [0.1, 0.15) is 13.3 Å². The Bertz CT molecular complexity index is 496. The maximum Gasteiger partial charge on any atom is 0.253 e. The van der Waals surface area contributed by atoms with E-state index in [1.165, 1.54) is 0 Å². The zero-order chi connectivity index (χ0) is 14.2. The summed E-state index contributed by atoms with van der Waals surface area (Å²) in [5.41, 5.74) is 0.503. The average molecular weight is 276 g/mol. The fourth-order valence-electron chi connectivity index (χ4n) is 3.04. The number of ether oxygens (including phenoxy) is 1. The van der Waals surface area contributed by atoms with Crippen LogP contribution in [0.2, 0.25) is 0 Å². The van der Waals surface area contributed by atoms with Gasteiger partial charge >= 0.3 is 0 Å². The number of nitrogens with zero attached hydrogens (tertiary/aromatic N) is 1. The Labute approximate surface area is 118 Å². The minimum Gasteiger partial charge on any atom is -0.508 e. The molecule has 2 fully saturated rings. The smallest absolute Gasteiger partial charge is 0.253 e. The third-order valence-corrected chi connectivity index (χ3v) is 4.38. The van der Waals surface area contributed by atoms with E-state index >= 15 is 0 Å². The molecule has 0 saturated carbocycles. The lowest BCUT2D eigenvalue weighted by atomic mass is 9.86. The van der Waals surface area contributed by atoms with E-state index in [-0.39, 0.29) is 23.9 Å². The Hall–Kier alpha value is -1.59. The molecule has 2 saturated heterocycles. The molecule has 0 aliphatic carbocycles. The number of hydrogen-bond acceptors (Lipinski definition) is 4. The first kappa shape index (κ1) is 13.4. The van der Waals surface area contributed by atoms with Crippen molar-refractivity contribution in [2.45, 2.75) is 18.9 Å². The van der Waals surface area contributed by atoms with E-state index in [2.05, 4.69) is 12.2 Å². The van der Waals surface area contributed by atoms with Gasteiger partial charge in [0.1, 0.15) is 12.4 Å². The molecule has 0 aromatic heterocycles. The number of phenols is 1. The number of morpholine rings is 1. The number of nitrogens with one attached hydrogen (secondary N) is 1. The van der Waals surface area contributed by atoms with Crippen LogP contribution in [-0.4, -0.2) is 42.9 Å². The van der Waals surface area contributed by atoms with Crippen LogP contribution in [0.15, 0.2) is 24.3 Å². The molecule has 0 radical (unpaired) electrons. The van der Waals surface area contributed by atoms with Crippen molar-refractivity contribution in [1.82, 2.24) is 5.32 Å². The molecule has 2 unspecified atom stereocenters. The van der Waals surface area contributed by atoms with Crippen molar-refractivity contribution in [2.24, 2.45) is 5.92 Å². The summed E-state index contributed by atoms with van der Waals surface area (Å²) in [4.78, 5) is 13.9. The molecule has 2 aliphatic rings. The number of anilines is 1. The standard InChI is InChI=1S/C15H20N2O3/c1-15(11-6-7-16-8-11)10-17(14(19)9-20-15)12-2-4-13(18)5-3-12/h2-5,11,16,18H,6-10H2,1H3. The highest BCUT2D eigenvalue weighted by molar-refractivity contribution is 5.95. The summed E-state index contributed by atoms with van der Waals surface area (Å²) >= 11 is 0. The Morgan fingerprint density at radius 1 is 1.40 bits per heavy atom. The molecule has 2 aliphatic heterocycles. The van der Waals surface area contributed by atoms with Gasteiger partial charge in [0, 0.05) is 18.2 Å². The van der Waals surface area contributed by atoms with Crippen LogP contribution in [0, 0.1) is 5.92 Å². The fourth-order valence-corrected chi connectivity index (χ4v) is 3.04. The number of carbonyl (C=O) groups is 1. The lowest BCUT2D eigenvalue weighted by Gasteiger charge is -2.43. The molecule has 1 amide bonds. The van der Waals surface area contributed by atoms with E-state index < -0.39 is 0 Å². The number of rotatable bonds is 2. The first-order valence-corrected chi connectivity index (χ1v) is 7.02. The number of benzene rings is 1. The molecular formula is C15H20N2O3. The first-order valence-electron chi connectivity index (χ1n) is 7.02. The Morgan fingerprint density at radius 2 is 2.15 bits per heavy atom. The molecule has 2 heterocycles. The van der Waals surface area contributed by atoms with E-state index in [1.807, 2.05) is 0 Å². The molecule has 108 valence electrons. The number of amides is 1. The van der Waals surface area contributed by atoms with Crippen LogP contribution >= 0.6 is 0 Å². The highest BCUT2D eigenvalue weighted by Crippen LogP contribution is 2.33. The van der Waals surface area contributed by atoms with Crippen LogP contribution in [0.25, 0.3) is 0 Å². The molecule has 20 heavy (non-hydrogen) atoms. The Balaban J connectivity index is 1.82. The predicted octanol–water partition coefficient (Wildman–Crippen LogP) is 1.12. The molecule has 2 N–H and O–H groups in total. The lowest BCUT2D eigenvalue weighted by molar-refractivity contribution is -0.142. The summed E-state index contributed by atoms with van der Waals surface area (Å²) in [5.74, 6) is 0.603. The minimum absolute atomic E-state index is 0.0286. The maximum absolute atomic E-state index is 12.1. The van der Waals surface area contributed by atoms with Gasteiger partial charge in [-0.3, -0.25) is 4.79 Å². The molecule has 5 nitrogen and oxygen atoms in total. The molecular weight excluding hydrogens is 256 g/mol. The van der Waals surface area contributed by atoms with Gasteiger partial charge in [-0.2, -0.15) is 0 Å². The van der Waals surface area contributed by atoms with Crippen LogP contribution in [0.5, 0.6) is 5.75 Å². The van der Waals surface area contributed by atoms with Crippen molar-refractivity contribution in [2.75, 3.05) is 31.1 Å². The van der Waals surface area contributed by atoms with Crippen molar-refractivity contribution < 1.29 is 14.6 Å². The molecule has 1 aromatic carbocycles. The van der Waals surface area contributed by atoms with E-state index in [4.69, 9.17) is 4.74 Å². The topological polar surface area (TPSA) is 61.8 Å². The number of phenolic OH excluding ortho intramolecular Hbond substituents is 1. The highest BCUT2D eigenvalue weighted by atomic mass is 16.5. The molecule has 2 atom stereocenters. The molecule has 5 heteroatoms. The monoisotopic (exact) mass is 276 g/mol. The van der Waals surface area contributed by atoms with Crippen molar-refractivity contribution >= 4 is 11.6 Å². The van der Waals surface area contributed by atoms with Gasteiger partial charge in [-0.25, -0.2) is 0 Å². The van der Waals surface area contributed by atoms with Crippen molar-refractivity contribution in [1.29, 1.82) is 0 Å². The van der Waals surface area contributed by atoms with Crippen LogP contribution in [0.4, 0.5) is 5.69 Å². The fraction of sp³-hybridized carbons (Fsp3) is 0.533. The second-order valence-corrected chi connectivity index (χ2v) is 5.79. The number of aromatic hydroxyl groups is 1. The van der Waals surface area contributed by atoms with E-state index in [1.54, 1.807) is 29.2 Å². The highest BCUT2D eigenvalue weighted by Gasteiger charge is 2.43. The average Bonchev–Trinajstić information content (AvgIpc) is 2.98. The SMILES string of the molecule is CC1(C2CCNC2)CN(c2ccc(O)cc2)C(=O)CO1. The lowest BCUT2D eigenvalue weighted by Crippen LogP contribution is -2.57. The van der Waals surface area contributed by atoms with Crippen LogP contribution in [0.3, 0.4) is 0 Å². The minimum atomic E-state index is -0.310. The van der Waals surface area contributed by atoms with Crippen molar-refractivity contribution in [3.8, 4) is 5.75 Å². The summed E-state index contributed by atoms with van der Waals surface area (Å²) < 4.78 is 5.86. The van der Waals surface area contributed by atoms with Gasteiger partial charge in [0.05, 0.1) is 12.1 Å². The number of hydrogen-bond donors (Lipinski definition) is 2. The number of carbonyl (C=O) groups excluding carboxylic acids is 1. The van der Waals surface area contributed by atoms with Gasteiger partial charge < -0.3 is 20.1 Å². The zero-order valence-electron chi connectivity index (χ0n) is 11.6. The predicted molar refractivity (Wildman–Crippen MR) is 75.8 cm³/mol. The summed E-state index contributed by atoms with van der Waals surface area (Å²) in [6.07, 6.45) is 1.08. The van der Waals surface area contributed by atoms with Gasteiger partial charge in [-0.1, -0.05) is 0 Å². The second kappa shape index (κ2) is 5.07. The van der Waals surface area contributed by atoms with Gasteiger partial charge in [-0.05, 0) is 44.2 Å². The third kappa shape index (κ3) is 2.39. The van der Waals surface area contributed by atoms with Gasteiger partial charge in [0.25, 0.3) is 5.91 Å². The first-order chi connectivity index (χ1) is 9.58. The summed E-state index contributed by atoms with van der Waals surface area (Å²) in [6, 6.07) is 6.75. The van der Waals surface area contributed by atoms with E-state index in [0.717, 1.165) is 25.2 Å². The van der Waals surface area contributed by atoms with Crippen LogP contribution < -0.4 is 10.2 Å². The Kier molecular flexibility index (Phi) is 3.40. The van der Waals surface area contributed by atoms with Gasteiger partial charge in [0.2, 0.25) is 0 Å². The Morgan fingerprint density at radius 3 is 2.80 bits per heavy atom. The van der Waals surface area contributed by atoms with Gasteiger partial charge in [0.15, 0.2) is 0 Å². The third-order valence-electron chi connectivity index (χ3n) is 4.38. The van der Waals surface area contributed by atoms with Crippen molar-refractivity contribution in [3.05, 3.63) is 24.3 Å². The van der Waals surface area contributed by atoms with E-state index in [9.17, 15) is 9.90 Å². The molecule has 3 rings (SSSR count). The van der Waals surface area contributed by atoms with Crippen molar-refractivity contribution in [3.63, 3.8) is 0 Å². The molecule has 1 aromatic rings. The summed E-state index contributed by atoms with van der Waals surface area (Å²) in [7, 11) is 0. The maximum atomic E-state index is 12.1.